The fourth-order valence-corrected chi connectivity index (χ4v) is 1.84. The molecule has 2 rings (SSSR count). The summed E-state index contributed by atoms with van der Waals surface area (Å²) in [5.74, 6) is -3.31. The molecule has 1 N–H and O–H groups in total. The third kappa shape index (κ3) is 3.86. The number of aromatic nitrogens is 4. The Morgan fingerprint density at radius 1 is 1.39 bits per heavy atom. The lowest BCUT2D eigenvalue weighted by atomic mass is 10.2. The summed E-state index contributed by atoms with van der Waals surface area (Å²) in [4.78, 5) is 22.6. The summed E-state index contributed by atoms with van der Waals surface area (Å²) < 4.78 is 42.5. The Morgan fingerprint density at radius 2 is 2.09 bits per heavy atom. The molecule has 0 spiro atoms. The zero-order valence-corrected chi connectivity index (χ0v) is 12.2. The van der Waals surface area contributed by atoms with Crippen molar-refractivity contribution in [2.45, 2.75) is 18.6 Å². The number of nitrogens with zero attached hydrogens (tertiary/aromatic N) is 4. The second-order valence-corrected chi connectivity index (χ2v) is 4.68. The summed E-state index contributed by atoms with van der Waals surface area (Å²) in [6.07, 6.45) is -5.55. The van der Waals surface area contributed by atoms with Gasteiger partial charge < -0.3 is 10.1 Å². The first-order valence-electron chi connectivity index (χ1n) is 6.04. The van der Waals surface area contributed by atoms with Crippen LogP contribution in [0.2, 0.25) is 5.15 Å². The fourth-order valence-electron chi connectivity index (χ4n) is 1.70. The molecule has 0 saturated carbocycles. The first-order chi connectivity index (χ1) is 10.7. The molecule has 1 amide bonds. The molecule has 0 unspecified atom stereocenters. The Hall–Kier alpha value is -2.43. The van der Waals surface area contributed by atoms with Crippen molar-refractivity contribution in [3.63, 3.8) is 0 Å². The summed E-state index contributed by atoms with van der Waals surface area (Å²) in [5, 5.41) is 13.0. The van der Waals surface area contributed by atoms with Crippen LogP contribution in [0.1, 0.15) is 5.82 Å². The van der Waals surface area contributed by atoms with Gasteiger partial charge in [0.15, 0.2) is 11.5 Å². The molecule has 2 heterocycles. The van der Waals surface area contributed by atoms with Crippen LogP contribution in [0.3, 0.4) is 0 Å². The number of carbonyl (C=O) groups is 2. The van der Waals surface area contributed by atoms with Gasteiger partial charge in [-0.25, -0.2) is 4.79 Å². The SMILES string of the molecule is COC(=O)[C@H](Cc1nnc2ccc(Cl)nn12)NC(=O)C(F)(F)F. The summed E-state index contributed by atoms with van der Waals surface area (Å²) >= 11 is 5.72. The van der Waals surface area contributed by atoms with E-state index in [0.717, 1.165) is 11.6 Å². The maximum atomic E-state index is 12.3. The molecule has 0 radical (unpaired) electrons. The number of carbonyl (C=O) groups excluding carboxylic acids is 2. The van der Waals surface area contributed by atoms with Crippen molar-refractivity contribution >= 4 is 29.1 Å². The maximum absolute atomic E-state index is 12.3. The standard InChI is InChI=1S/C11H9ClF3N5O3/c1-23-9(21)5(16-10(22)11(13,14)15)4-8-18-17-7-3-2-6(12)19-20(7)8/h2-3,5H,4H2,1H3,(H,16,22)/t5-/m0/s1. The molecule has 0 aromatic carbocycles. The number of esters is 1. The summed E-state index contributed by atoms with van der Waals surface area (Å²) in [7, 11) is 0.978. The Balaban J connectivity index is 2.28. The van der Waals surface area contributed by atoms with Gasteiger partial charge in [0.05, 0.1) is 7.11 Å². The van der Waals surface area contributed by atoms with Crippen molar-refractivity contribution in [1.29, 1.82) is 0 Å². The number of methoxy groups -OCH3 is 1. The Bertz CT molecular complexity index is 748. The molecule has 23 heavy (non-hydrogen) atoms. The van der Waals surface area contributed by atoms with Gasteiger partial charge in [-0.3, -0.25) is 4.79 Å². The molecule has 8 nitrogen and oxygen atoms in total. The first-order valence-corrected chi connectivity index (χ1v) is 6.42. The zero-order chi connectivity index (χ0) is 17.2. The number of hydrogen-bond donors (Lipinski definition) is 1. The van der Waals surface area contributed by atoms with Gasteiger partial charge in [-0.15, -0.1) is 10.2 Å². The van der Waals surface area contributed by atoms with E-state index in [-0.39, 0.29) is 16.6 Å². The van der Waals surface area contributed by atoms with Crippen LogP contribution in [-0.4, -0.2) is 51.0 Å². The number of alkyl halides is 3. The topological polar surface area (TPSA) is 98.5 Å². The minimum absolute atomic E-state index is 0.0281. The van der Waals surface area contributed by atoms with E-state index in [4.69, 9.17) is 11.6 Å². The number of halogens is 4. The Labute approximate surface area is 131 Å². The second-order valence-electron chi connectivity index (χ2n) is 4.29. The van der Waals surface area contributed by atoms with Crippen LogP contribution in [0.4, 0.5) is 13.2 Å². The molecule has 0 aliphatic carbocycles. The van der Waals surface area contributed by atoms with E-state index in [1.165, 1.54) is 12.1 Å². The molecule has 124 valence electrons. The number of rotatable bonds is 4. The van der Waals surface area contributed by atoms with E-state index in [9.17, 15) is 22.8 Å². The smallest absolute Gasteiger partial charge is 0.467 e. The van der Waals surface area contributed by atoms with Crippen LogP contribution in [0.15, 0.2) is 12.1 Å². The van der Waals surface area contributed by atoms with Crippen LogP contribution in [-0.2, 0) is 20.7 Å². The van der Waals surface area contributed by atoms with E-state index in [0.29, 0.717) is 0 Å². The van der Waals surface area contributed by atoms with Crippen LogP contribution < -0.4 is 5.32 Å². The van der Waals surface area contributed by atoms with Gasteiger partial charge in [-0.2, -0.15) is 22.8 Å². The molecule has 0 aliphatic rings. The van der Waals surface area contributed by atoms with Gasteiger partial charge in [0.1, 0.15) is 11.2 Å². The number of fused-ring (bicyclic) bond motifs is 1. The van der Waals surface area contributed by atoms with Crippen molar-refractivity contribution < 1.29 is 27.5 Å². The molecular weight excluding hydrogens is 343 g/mol. The van der Waals surface area contributed by atoms with Crippen LogP contribution in [0.25, 0.3) is 5.65 Å². The number of nitrogens with one attached hydrogen (secondary N) is 1. The van der Waals surface area contributed by atoms with Crippen molar-refractivity contribution in [3.8, 4) is 0 Å². The normalized spacial score (nSPS) is 12.9. The minimum Gasteiger partial charge on any atom is -0.467 e. The van der Waals surface area contributed by atoms with Gasteiger partial charge in [-0.1, -0.05) is 11.6 Å². The van der Waals surface area contributed by atoms with Crippen molar-refractivity contribution in [2.75, 3.05) is 7.11 Å². The van der Waals surface area contributed by atoms with E-state index in [2.05, 4.69) is 20.0 Å². The molecule has 0 bridgehead atoms. The highest BCUT2D eigenvalue weighted by Crippen LogP contribution is 2.15. The van der Waals surface area contributed by atoms with Crippen molar-refractivity contribution in [3.05, 3.63) is 23.1 Å². The van der Waals surface area contributed by atoms with Crippen LogP contribution >= 0.6 is 11.6 Å². The fraction of sp³-hybridized carbons (Fsp3) is 0.364. The van der Waals surface area contributed by atoms with Gasteiger partial charge in [0.2, 0.25) is 0 Å². The lowest BCUT2D eigenvalue weighted by Gasteiger charge is -2.16. The van der Waals surface area contributed by atoms with E-state index in [1.54, 1.807) is 5.32 Å². The molecule has 0 saturated heterocycles. The van der Waals surface area contributed by atoms with Gasteiger partial charge in [0, 0.05) is 6.42 Å². The quantitative estimate of drug-likeness (QED) is 0.807. The predicted molar refractivity (Wildman–Crippen MR) is 69.5 cm³/mol. The zero-order valence-electron chi connectivity index (χ0n) is 11.5. The van der Waals surface area contributed by atoms with E-state index < -0.39 is 30.5 Å². The van der Waals surface area contributed by atoms with Gasteiger partial charge in [0.25, 0.3) is 0 Å². The van der Waals surface area contributed by atoms with Crippen LogP contribution in [0.5, 0.6) is 0 Å². The Morgan fingerprint density at radius 3 is 2.70 bits per heavy atom. The minimum atomic E-state index is -5.14. The second kappa shape index (κ2) is 6.36. The Kier molecular flexibility index (Phi) is 4.68. The van der Waals surface area contributed by atoms with Gasteiger partial charge in [-0.05, 0) is 12.1 Å². The van der Waals surface area contributed by atoms with Crippen molar-refractivity contribution in [2.24, 2.45) is 0 Å². The summed E-state index contributed by atoms with van der Waals surface area (Å²) in [6.45, 7) is 0. The van der Waals surface area contributed by atoms with Gasteiger partial charge >= 0.3 is 18.1 Å². The molecule has 0 fully saturated rings. The predicted octanol–water partition coefficient (Wildman–Crippen LogP) is 0.540. The highest BCUT2D eigenvalue weighted by atomic mass is 35.5. The third-order valence-electron chi connectivity index (χ3n) is 2.73. The summed E-state index contributed by atoms with van der Waals surface area (Å²) in [6, 6.07) is 1.31. The molecule has 0 aliphatic heterocycles. The highest BCUT2D eigenvalue weighted by molar-refractivity contribution is 6.29. The number of hydrogen-bond acceptors (Lipinski definition) is 6. The molecule has 1 atom stereocenters. The average molecular weight is 352 g/mol. The van der Waals surface area contributed by atoms with Crippen molar-refractivity contribution in [1.82, 2.24) is 25.1 Å². The summed E-state index contributed by atoms with van der Waals surface area (Å²) in [5.41, 5.74) is 0.273. The monoisotopic (exact) mass is 351 g/mol. The average Bonchev–Trinajstić information content (AvgIpc) is 2.87. The largest absolute Gasteiger partial charge is 0.471 e. The first kappa shape index (κ1) is 16.9. The molecular formula is C11H9ClF3N5O3. The molecule has 2 aromatic heterocycles. The maximum Gasteiger partial charge on any atom is 0.471 e. The molecule has 2 aromatic rings. The number of amides is 1. The van der Waals surface area contributed by atoms with E-state index in [1.807, 2.05) is 0 Å². The highest BCUT2D eigenvalue weighted by Gasteiger charge is 2.41. The van der Waals surface area contributed by atoms with Crippen LogP contribution in [0, 0.1) is 0 Å². The molecule has 12 heteroatoms. The lowest BCUT2D eigenvalue weighted by molar-refractivity contribution is -0.175. The third-order valence-corrected chi connectivity index (χ3v) is 2.93. The van der Waals surface area contributed by atoms with E-state index >= 15 is 0 Å². The lowest BCUT2D eigenvalue weighted by Crippen LogP contribution is -2.48. The number of ether oxygens (including phenoxy) is 1.